The van der Waals surface area contributed by atoms with Crippen molar-refractivity contribution >= 4 is 29.3 Å². The SMILES string of the molecule is COc1cccc(C2(C)NC(=O)N(NC(=S)NCCN3CCOCC3)C2=O)c1. The van der Waals surface area contributed by atoms with E-state index in [0.717, 1.165) is 37.9 Å². The summed E-state index contributed by atoms with van der Waals surface area (Å²) in [5, 5.41) is 6.87. The van der Waals surface area contributed by atoms with Crippen molar-refractivity contribution in [2.24, 2.45) is 0 Å². The number of ether oxygens (including phenoxy) is 2. The fraction of sp³-hybridized carbons (Fsp3) is 0.500. The zero-order valence-electron chi connectivity index (χ0n) is 16.0. The predicted octanol–water partition coefficient (Wildman–Crippen LogP) is 0.174. The summed E-state index contributed by atoms with van der Waals surface area (Å²) in [6.07, 6.45) is 0. The summed E-state index contributed by atoms with van der Waals surface area (Å²) in [4.78, 5) is 27.6. The summed E-state index contributed by atoms with van der Waals surface area (Å²) < 4.78 is 10.5. The minimum absolute atomic E-state index is 0.214. The molecule has 1 unspecified atom stereocenters. The number of carbonyl (C=O) groups excluding carboxylic acids is 2. The third kappa shape index (κ3) is 4.34. The zero-order valence-corrected chi connectivity index (χ0v) is 16.8. The number of rotatable bonds is 6. The van der Waals surface area contributed by atoms with Gasteiger partial charge < -0.3 is 20.1 Å². The van der Waals surface area contributed by atoms with Gasteiger partial charge in [0.05, 0.1) is 20.3 Å². The summed E-state index contributed by atoms with van der Waals surface area (Å²) in [6.45, 7) is 6.28. The summed E-state index contributed by atoms with van der Waals surface area (Å²) in [5.41, 5.74) is 2.11. The van der Waals surface area contributed by atoms with Gasteiger partial charge >= 0.3 is 6.03 Å². The van der Waals surface area contributed by atoms with Crippen LogP contribution in [0.3, 0.4) is 0 Å². The molecular weight excluding hydrogens is 382 g/mol. The van der Waals surface area contributed by atoms with E-state index in [1.165, 1.54) is 0 Å². The molecule has 2 aliphatic rings. The number of amides is 3. The summed E-state index contributed by atoms with van der Waals surface area (Å²) >= 11 is 5.24. The standard InChI is InChI=1S/C18H25N5O4S/c1-18(13-4-3-5-14(12-13)26-2)15(24)23(17(25)20-18)21-16(28)19-6-7-22-8-10-27-11-9-22/h3-5,12H,6-11H2,1-2H3,(H,20,25)(H2,19,21,28). The highest BCUT2D eigenvalue weighted by molar-refractivity contribution is 7.80. The van der Waals surface area contributed by atoms with Crippen molar-refractivity contribution in [2.45, 2.75) is 12.5 Å². The van der Waals surface area contributed by atoms with E-state index in [1.54, 1.807) is 38.3 Å². The number of methoxy groups -OCH3 is 1. The van der Waals surface area contributed by atoms with Gasteiger partial charge in [-0.2, -0.15) is 5.01 Å². The Balaban J connectivity index is 1.57. The van der Waals surface area contributed by atoms with Crippen molar-refractivity contribution in [3.63, 3.8) is 0 Å². The van der Waals surface area contributed by atoms with Crippen LogP contribution in [0.15, 0.2) is 24.3 Å². The Hall–Kier alpha value is -2.43. The van der Waals surface area contributed by atoms with Gasteiger partial charge in [-0.3, -0.25) is 15.1 Å². The van der Waals surface area contributed by atoms with Gasteiger partial charge in [0.25, 0.3) is 5.91 Å². The van der Waals surface area contributed by atoms with Gasteiger partial charge in [-0.15, -0.1) is 0 Å². The number of nitrogens with zero attached hydrogens (tertiary/aromatic N) is 2. The predicted molar refractivity (Wildman–Crippen MR) is 107 cm³/mol. The lowest BCUT2D eigenvalue weighted by Gasteiger charge is -2.27. The van der Waals surface area contributed by atoms with Crippen LogP contribution in [-0.2, 0) is 15.1 Å². The molecule has 0 aromatic heterocycles. The molecular formula is C18H25N5O4S. The number of carbonyl (C=O) groups is 2. The van der Waals surface area contributed by atoms with Crippen LogP contribution >= 0.6 is 12.2 Å². The van der Waals surface area contributed by atoms with E-state index in [-0.39, 0.29) is 5.11 Å². The highest BCUT2D eigenvalue weighted by atomic mass is 32.1. The van der Waals surface area contributed by atoms with Crippen LogP contribution in [0.4, 0.5) is 4.79 Å². The van der Waals surface area contributed by atoms with Crippen LogP contribution < -0.4 is 20.8 Å². The molecule has 2 fully saturated rings. The molecule has 2 saturated heterocycles. The van der Waals surface area contributed by atoms with Gasteiger partial charge in [0.1, 0.15) is 11.3 Å². The van der Waals surface area contributed by atoms with Gasteiger partial charge in [-0.1, -0.05) is 12.1 Å². The minimum Gasteiger partial charge on any atom is -0.497 e. The molecule has 9 nitrogen and oxygen atoms in total. The Morgan fingerprint density at radius 3 is 2.82 bits per heavy atom. The molecule has 0 bridgehead atoms. The van der Waals surface area contributed by atoms with Gasteiger partial charge in [0.2, 0.25) is 0 Å². The molecule has 3 N–H and O–H groups in total. The number of nitrogens with one attached hydrogen (secondary N) is 3. The molecule has 2 aliphatic heterocycles. The van der Waals surface area contributed by atoms with Gasteiger partial charge in [-0.25, -0.2) is 4.79 Å². The van der Waals surface area contributed by atoms with Crippen molar-refractivity contribution in [2.75, 3.05) is 46.5 Å². The lowest BCUT2D eigenvalue weighted by atomic mass is 9.92. The average molecular weight is 407 g/mol. The molecule has 1 aromatic carbocycles. The number of benzene rings is 1. The number of urea groups is 1. The Bertz CT molecular complexity index is 755. The number of morpholine rings is 1. The molecule has 28 heavy (non-hydrogen) atoms. The Morgan fingerprint density at radius 2 is 2.11 bits per heavy atom. The van der Waals surface area contributed by atoms with Crippen molar-refractivity contribution in [1.82, 2.24) is 26.0 Å². The summed E-state index contributed by atoms with van der Waals surface area (Å²) in [5.74, 6) is 0.163. The maximum atomic E-state index is 12.9. The molecule has 152 valence electrons. The van der Waals surface area contributed by atoms with E-state index in [1.807, 2.05) is 0 Å². The van der Waals surface area contributed by atoms with Crippen molar-refractivity contribution in [3.05, 3.63) is 29.8 Å². The molecule has 0 saturated carbocycles. The van der Waals surface area contributed by atoms with Crippen molar-refractivity contribution < 1.29 is 19.1 Å². The topological polar surface area (TPSA) is 95.2 Å². The first-order valence-electron chi connectivity index (χ1n) is 9.10. The molecule has 0 radical (unpaired) electrons. The van der Waals surface area contributed by atoms with E-state index in [2.05, 4.69) is 21.0 Å². The highest BCUT2D eigenvalue weighted by Gasteiger charge is 2.49. The van der Waals surface area contributed by atoms with Gasteiger partial charge in [0.15, 0.2) is 5.11 Å². The molecule has 1 aromatic rings. The Labute approximate surface area is 169 Å². The average Bonchev–Trinajstić information content (AvgIpc) is 2.93. The van der Waals surface area contributed by atoms with Crippen LogP contribution in [0, 0.1) is 0 Å². The maximum Gasteiger partial charge on any atom is 0.344 e. The molecule has 0 aliphatic carbocycles. The molecule has 1 atom stereocenters. The highest BCUT2D eigenvalue weighted by Crippen LogP contribution is 2.30. The molecule has 2 heterocycles. The largest absolute Gasteiger partial charge is 0.497 e. The smallest absolute Gasteiger partial charge is 0.344 e. The second-order valence-corrected chi connectivity index (χ2v) is 7.16. The fourth-order valence-corrected chi connectivity index (χ4v) is 3.36. The van der Waals surface area contributed by atoms with Gasteiger partial charge in [-0.05, 0) is 36.8 Å². The van der Waals surface area contributed by atoms with Crippen molar-refractivity contribution in [3.8, 4) is 5.75 Å². The minimum atomic E-state index is -1.21. The monoisotopic (exact) mass is 407 g/mol. The fourth-order valence-electron chi connectivity index (χ4n) is 3.16. The first kappa shape index (κ1) is 20.3. The second-order valence-electron chi connectivity index (χ2n) is 6.75. The quantitative estimate of drug-likeness (QED) is 0.454. The zero-order chi connectivity index (χ0) is 20.1. The van der Waals surface area contributed by atoms with Crippen molar-refractivity contribution in [1.29, 1.82) is 0 Å². The third-order valence-corrected chi connectivity index (χ3v) is 5.10. The Morgan fingerprint density at radius 1 is 1.36 bits per heavy atom. The van der Waals surface area contributed by atoms with Crippen LogP contribution in [0.1, 0.15) is 12.5 Å². The van der Waals surface area contributed by atoms with E-state index in [9.17, 15) is 9.59 Å². The number of hydrazine groups is 1. The molecule has 3 amide bonds. The molecule has 3 rings (SSSR count). The molecule has 10 heteroatoms. The van der Waals surface area contributed by atoms with E-state index >= 15 is 0 Å². The summed E-state index contributed by atoms with van der Waals surface area (Å²) in [6, 6.07) is 6.47. The van der Waals surface area contributed by atoms with E-state index in [0.29, 0.717) is 17.9 Å². The maximum absolute atomic E-state index is 12.9. The van der Waals surface area contributed by atoms with Crippen LogP contribution in [0.5, 0.6) is 5.75 Å². The van der Waals surface area contributed by atoms with E-state index < -0.39 is 17.5 Å². The van der Waals surface area contributed by atoms with Crippen LogP contribution in [0.2, 0.25) is 0 Å². The first-order valence-corrected chi connectivity index (χ1v) is 9.50. The van der Waals surface area contributed by atoms with Crippen LogP contribution in [-0.4, -0.2) is 73.5 Å². The van der Waals surface area contributed by atoms with Crippen LogP contribution in [0.25, 0.3) is 0 Å². The lowest BCUT2D eigenvalue weighted by molar-refractivity contribution is -0.132. The lowest BCUT2D eigenvalue weighted by Crippen LogP contribution is -2.52. The number of hydrogen-bond donors (Lipinski definition) is 3. The Kier molecular flexibility index (Phi) is 6.32. The van der Waals surface area contributed by atoms with Gasteiger partial charge in [0, 0.05) is 26.2 Å². The summed E-state index contributed by atoms with van der Waals surface area (Å²) in [7, 11) is 1.55. The second kappa shape index (κ2) is 8.72. The number of hydrogen-bond acceptors (Lipinski definition) is 6. The van der Waals surface area contributed by atoms with E-state index in [4.69, 9.17) is 21.7 Å². The normalized spacial score (nSPS) is 22.7. The third-order valence-electron chi connectivity index (χ3n) is 4.87. The number of imide groups is 1. The number of thiocarbonyl (C=S) groups is 1. The first-order chi connectivity index (χ1) is 13.4. The molecule has 0 spiro atoms.